The third-order valence-electron chi connectivity index (χ3n) is 5.21. The van der Waals surface area contributed by atoms with E-state index >= 15 is 0 Å². The van der Waals surface area contributed by atoms with Gasteiger partial charge in [0.1, 0.15) is 10.8 Å². The SMILES string of the molecule is Cc1nnc(-n2c(Cc3cnn(C)c3)nc3ccc(S(=O)(=O)NC4(C)CC4)cc32)s1. The minimum atomic E-state index is -3.62. The van der Waals surface area contributed by atoms with Gasteiger partial charge in [0.05, 0.1) is 22.1 Å². The number of hydrogen-bond donors (Lipinski definition) is 1. The highest BCUT2D eigenvalue weighted by Crippen LogP contribution is 2.36. The number of nitrogens with zero attached hydrogens (tertiary/aromatic N) is 6. The summed E-state index contributed by atoms with van der Waals surface area (Å²) >= 11 is 1.44. The third-order valence-corrected chi connectivity index (χ3v) is 7.67. The predicted octanol–water partition coefficient (Wildman–Crippen LogP) is 2.34. The third kappa shape index (κ3) is 3.53. The van der Waals surface area contributed by atoms with Crippen LogP contribution in [-0.4, -0.2) is 43.5 Å². The van der Waals surface area contributed by atoms with Crippen LogP contribution in [0.4, 0.5) is 0 Å². The number of aryl methyl sites for hydroxylation is 2. The minimum Gasteiger partial charge on any atom is -0.276 e. The Hall–Kier alpha value is -2.63. The largest absolute Gasteiger partial charge is 0.276 e. The lowest BCUT2D eigenvalue weighted by molar-refractivity contribution is 0.558. The van der Waals surface area contributed by atoms with E-state index in [-0.39, 0.29) is 10.4 Å². The molecule has 1 aliphatic carbocycles. The van der Waals surface area contributed by atoms with Crippen molar-refractivity contribution in [3.63, 3.8) is 0 Å². The molecule has 0 amide bonds. The number of hydrogen-bond acceptors (Lipinski definition) is 7. The maximum absolute atomic E-state index is 12.9. The van der Waals surface area contributed by atoms with Gasteiger partial charge in [0.25, 0.3) is 0 Å². The van der Waals surface area contributed by atoms with Crippen molar-refractivity contribution in [2.24, 2.45) is 7.05 Å². The second-order valence-electron chi connectivity index (χ2n) is 7.98. The molecule has 0 saturated heterocycles. The molecule has 1 aromatic carbocycles. The fourth-order valence-corrected chi connectivity index (χ4v) is 5.61. The zero-order valence-electron chi connectivity index (χ0n) is 16.8. The molecule has 11 heteroatoms. The van der Waals surface area contributed by atoms with E-state index in [1.54, 1.807) is 29.1 Å². The van der Waals surface area contributed by atoms with Gasteiger partial charge >= 0.3 is 0 Å². The average molecular weight is 444 g/mol. The second kappa shape index (κ2) is 6.69. The van der Waals surface area contributed by atoms with E-state index in [0.29, 0.717) is 22.6 Å². The lowest BCUT2D eigenvalue weighted by Gasteiger charge is -2.12. The minimum absolute atomic E-state index is 0.221. The van der Waals surface area contributed by atoms with Crippen LogP contribution in [0, 0.1) is 6.92 Å². The molecule has 0 aliphatic heterocycles. The Morgan fingerprint density at radius 1 is 1.27 bits per heavy atom. The van der Waals surface area contributed by atoms with E-state index < -0.39 is 10.0 Å². The smallest absolute Gasteiger partial charge is 0.241 e. The summed E-state index contributed by atoms with van der Waals surface area (Å²) in [4.78, 5) is 4.98. The lowest BCUT2D eigenvalue weighted by atomic mass is 10.2. The molecule has 4 aromatic rings. The first-order chi connectivity index (χ1) is 14.2. The summed E-state index contributed by atoms with van der Waals surface area (Å²) in [6.45, 7) is 3.81. The molecule has 5 rings (SSSR count). The number of rotatable bonds is 6. The standard InChI is InChI=1S/C19H21N7O2S2/c1-12-22-23-18(29-12)26-16-9-14(30(27,28)24-19(2)6-7-19)4-5-15(16)21-17(26)8-13-10-20-25(3)11-13/h4-5,9-11,24H,6-8H2,1-3H3. The molecular weight excluding hydrogens is 422 g/mol. The van der Waals surface area contributed by atoms with E-state index in [0.717, 1.165) is 29.2 Å². The Kier molecular flexibility index (Phi) is 4.31. The van der Waals surface area contributed by atoms with Gasteiger partial charge in [-0.1, -0.05) is 11.3 Å². The number of imidazole rings is 1. The number of sulfonamides is 1. The van der Waals surface area contributed by atoms with Gasteiger partial charge in [-0.15, -0.1) is 10.2 Å². The molecule has 1 aliphatic rings. The molecule has 3 heterocycles. The van der Waals surface area contributed by atoms with Gasteiger partial charge in [-0.05, 0) is 50.5 Å². The fraction of sp³-hybridized carbons (Fsp3) is 0.368. The number of benzene rings is 1. The van der Waals surface area contributed by atoms with Crippen LogP contribution >= 0.6 is 11.3 Å². The van der Waals surface area contributed by atoms with Gasteiger partial charge in [-0.2, -0.15) is 5.10 Å². The molecule has 9 nitrogen and oxygen atoms in total. The number of fused-ring (bicyclic) bond motifs is 1. The summed E-state index contributed by atoms with van der Waals surface area (Å²) in [6, 6.07) is 5.02. The van der Waals surface area contributed by atoms with Gasteiger partial charge in [0, 0.05) is 25.2 Å². The first kappa shape index (κ1) is 19.3. The molecule has 0 atom stereocenters. The highest BCUT2D eigenvalue weighted by Gasteiger charge is 2.41. The maximum Gasteiger partial charge on any atom is 0.241 e. The monoisotopic (exact) mass is 443 g/mol. The van der Waals surface area contributed by atoms with Crippen molar-refractivity contribution < 1.29 is 8.42 Å². The van der Waals surface area contributed by atoms with E-state index in [1.807, 2.05) is 31.7 Å². The second-order valence-corrected chi connectivity index (χ2v) is 10.8. The van der Waals surface area contributed by atoms with Gasteiger partial charge in [-0.25, -0.2) is 18.1 Å². The highest BCUT2D eigenvalue weighted by molar-refractivity contribution is 7.89. The van der Waals surface area contributed by atoms with Crippen LogP contribution in [0.3, 0.4) is 0 Å². The van der Waals surface area contributed by atoms with E-state index in [2.05, 4.69) is 20.0 Å². The van der Waals surface area contributed by atoms with Crippen LogP contribution in [0.2, 0.25) is 0 Å². The summed E-state index contributed by atoms with van der Waals surface area (Å²) in [5.41, 5.74) is 2.06. The fourth-order valence-electron chi connectivity index (χ4n) is 3.40. The summed E-state index contributed by atoms with van der Waals surface area (Å²) in [5, 5.41) is 14.1. The summed E-state index contributed by atoms with van der Waals surface area (Å²) in [7, 11) is -1.76. The van der Waals surface area contributed by atoms with Crippen LogP contribution in [0.1, 0.15) is 36.2 Å². The Labute approximate surface area is 177 Å². The highest BCUT2D eigenvalue weighted by atomic mass is 32.2. The van der Waals surface area contributed by atoms with E-state index in [1.165, 1.54) is 11.3 Å². The first-order valence-corrected chi connectivity index (χ1v) is 11.9. The maximum atomic E-state index is 12.9. The van der Waals surface area contributed by atoms with Crippen LogP contribution in [0.5, 0.6) is 0 Å². The van der Waals surface area contributed by atoms with E-state index in [9.17, 15) is 8.42 Å². The molecule has 0 bridgehead atoms. The van der Waals surface area contributed by atoms with Crippen molar-refractivity contribution >= 4 is 32.4 Å². The van der Waals surface area contributed by atoms with Gasteiger partial charge in [-0.3, -0.25) is 9.25 Å². The topological polar surface area (TPSA) is 108 Å². The first-order valence-electron chi connectivity index (χ1n) is 9.56. The normalized spacial score (nSPS) is 15.7. The summed E-state index contributed by atoms with van der Waals surface area (Å²) in [5.74, 6) is 0.755. The van der Waals surface area contributed by atoms with E-state index in [4.69, 9.17) is 4.98 Å². The van der Waals surface area contributed by atoms with Crippen molar-refractivity contribution in [2.75, 3.05) is 0 Å². The molecule has 0 unspecified atom stereocenters. The molecule has 0 spiro atoms. The molecule has 30 heavy (non-hydrogen) atoms. The molecule has 0 radical (unpaired) electrons. The Balaban J connectivity index is 1.65. The van der Waals surface area contributed by atoms with Gasteiger partial charge in [0.15, 0.2) is 0 Å². The zero-order valence-corrected chi connectivity index (χ0v) is 18.5. The Bertz CT molecular complexity index is 1360. The summed E-state index contributed by atoms with van der Waals surface area (Å²) < 4.78 is 32.3. The van der Waals surface area contributed by atoms with Gasteiger partial charge in [0.2, 0.25) is 15.2 Å². The summed E-state index contributed by atoms with van der Waals surface area (Å²) in [6.07, 6.45) is 5.98. The van der Waals surface area contributed by atoms with Crippen LogP contribution < -0.4 is 4.72 Å². The van der Waals surface area contributed by atoms with Crippen molar-refractivity contribution in [1.29, 1.82) is 0 Å². The van der Waals surface area contributed by atoms with Crippen LogP contribution in [0.25, 0.3) is 16.2 Å². The predicted molar refractivity (Wildman–Crippen MR) is 113 cm³/mol. The molecule has 1 fully saturated rings. The molecule has 156 valence electrons. The van der Waals surface area contributed by atoms with Crippen molar-refractivity contribution in [2.45, 2.75) is 43.5 Å². The lowest BCUT2D eigenvalue weighted by Crippen LogP contribution is -2.34. The number of nitrogens with one attached hydrogen (secondary N) is 1. The quantitative estimate of drug-likeness (QED) is 0.490. The van der Waals surface area contributed by atoms with Crippen LogP contribution in [-0.2, 0) is 23.5 Å². The van der Waals surface area contributed by atoms with Gasteiger partial charge < -0.3 is 0 Å². The molecular formula is C19H21N7O2S2. The molecule has 1 saturated carbocycles. The Morgan fingerprint density at radius 3 is 2.70 bits per heavy atom. The number of aromatic nitrogens is 6. The molecule has 3 aromatic heterocycles. The van der Waals surface area contributed by atoms with Crippen LogP contribution in [0.15, 0.2) is 35.5 Å². The van der Waals surface area contributed by atoms with Crippen molar-refractivity contribution in [1.82, 2.24) is 34.3 Å². The van der Waals surface area contributed by atoms with Crippen molar-refractivity contribution in [3.05, 3.63) is 47.0 Å². The average Bonchev–Trinajstić information content (AvgIpc) is 3.03. The van der Waals surface area contributed by atoms with Crippen molar-refractivity contribution in [3.8, 4) is 5.13 Å². The Morgan fingerprint density at radius 2 is 2.07 bits per heavy atom. The molecule has 1 N–H and O–H groups in total. The zero-order chi connectivity index (χ0) is 21.1.